The molecule has 1 unspecified atom stereocenters. The highest BCUT2D eigenvalue weighted by molar-refractivity contribution is 7.98. The van der Waals surface area contributed by atoms with E-state index in [2.05, 4.69) is 11.2 Å². The smallest absolute Gasteiger partial charge is 0.189 e. The van der Waals surface area contributed by atoms with Crippen LogP contribution in [0.2, 0.25) is 4.34 Å². The van der Waals surface area contributed by atoms with Gasteiger partial charge in [0.2, 0.25) is 0 Å². The minimum Gasteiger partial charge on any atom is -0.296 e. The third-order valence-corrected chi connectivity index (χ3v) is 4.34. The molecule has 0 saturated carbocycles. The second-order valence-electron chi connectivity index (χ2n) is 3.62. The summed E-state index contributed by atoms with van der Waals surface area (Å²) in [5.74, 6) is 1.19. The van der Waals surface area contributed by atoms with E-state index in [0.717, 1.165) is 17.2 Å². The van der Waals surface area contributed by atoms with Crippen LogP contribution in [0.1, 0.15) is 16.6 Å². The van der Waals surface area contributed by atoms with Crippen LogP contribution in [0.3, 0.4) is 0 Å². The number of thiophene rings is 1. The normalized spacial score (nSPS) is 13.1. The van der Waals surface area contributed by atoms with Crippen LogP contribution in [0.25, 0.3) is 0 Å². The summed E-state index contributed by atoms with van der Waals surface area (Å²) in [5.41, 5.74) is 0. The number of hydrogen-bond donors (Lipinski definition) is 0. The molecule has 2 nitrogen and oxygen atoms in total. The fourth-order valence-corrected chi connectivity index (χ4v) is 2.82. The lowest BCUT2D eigenvalue weighted by Gasteiger charge is -2.22. The Morgan fingerprint density at radius 3 is 2.81 bits per heavy atom. The van der Waals surface area contributed by atoms with Crippen molar-refractivity contribution in [1.29, 1.82) is 0 Å². The number of hydrogen-bond acceptors (Lipinski definition) is 4. The molecule has 1 aromatic heterocycles. The van der Waals surface area contributed by atoms with E-state index >= 15 is 0 Å². The number of carbonyl (C=O) groups is 1. The van der Waals surface area contributed by atoms with Crippen LogP contribution < -0.4 is 0 Å². The molecule has 0 aliphatic rings. The van der Waals surface area contributed by atoms with Crippen LogP contribution in [-0.4, -0.2) is 42.3 Å². The molecule has 1 aromatic rings. The standard InChI is InChI=1S/C11H16ClNOS2/c1-8(13(2)6-7-15-3)11(14)9-4-5-10(12)16-9/h4-5,8H,6-7H2,1-3H3. The lowest BCUT2D eigenvalue weighted by molar-refractivity contribution is 0.0879. The quantitative estimate of drug-likeness (QED) is 0.745. The van der Waals surface area contributed by atoms with Gasteiger partial charge in [0.25, 0.3) is 0 Å². The predicted molar refractivity (Wildman–Crippen MR) is 74.1 cm³/mol. The van der Waals surface area contributed by atoms with Crippen molar-refractivity contribution in [1.82, 2.24) is 4.90 Å². The van der Waals surface area contributed by atoms with Gasteiger partial charge in [0.15, 0.2) is 5.78 Å². The third-order valence-electron chi connectivity index (χ3n) is 2.50. The van der Waals surface area contributed by atoms with E-state index in [1.807, 2.05) is 14.0 Å². The van der Waals surface area contributed by atoms with E-state index in [1.54, 1.807) is 23.9 Å². The first kappa shape index (κ1) is 14.0. The van der Waals surface area contributed by atoms with E-state index in [0.29, 0.717) is 4.34 Å². The van der Waals surface area contributed by atoms with E-state index in [-0.39, 0.29) is 11.8 Å². The molecule has 1 atom stereocenters. The van der Waals surface area contributed by atoms with Gasteiger partial charge in [-0.3, -0.25) is 9.69 Å². The van der Waals surface area contributed by atoms with Gasteiger partial charge in [-0.25, -0.2) is 0 Å². The van der Waals surface area contributed by atoms with Gasteiger partial charge in [-0.05, 0) is 32.4 Å². The summed E-state index contributed by atoms with van der Waals surface area (Å²) in [4.78, 5) is 14.9. The first-order valence-corrected chi connectivity index (χ1v) is 7.63. The summed E-state index contributed by atoms with van der Waals surface area (Å²) >= 11 is 8.96. The highest BCUT2D eigenvalue weighted by atomic mass is 35.5. The number of rotatable bonds is 6. The largest absolute Gasteiger partial charge is 0.296 e. The lowest BCUT2D eigenvalue weighted by Crippen LogP contribution is -2.37. The minimum absolute atomic E-state index is 0.0816. The molecular weight excluding hydrogens is 262 g/mol. The summed E-state index contributed by atoms with van der Waals surface area (Å²) in [6.45, 7) is 2.86. The first-order chi connectivity index (χ1) is 7.56. The second-order valence-corrected chi connectivity index (χ2v) is 6.32. The highest BCUT2D eigenvalue weighted by Gasteiger charge is 2.20. The molecule has 0 aliphatic carbocycles. The molecule has 0 aliphatic heterocycles. The van der Waals surface area contributed by atoms with Crippen LogP contribution in [0.4, 0.5) is 0 Å². The van der Waals surface area contributed by atoms with Crippen molar-refractivity contribution < 1.29 is 4.79 Å². The Morgan fingerprint density at radius 2 is 2.31 bits per heavy atom. The van der Waals surface area contributed by atoms with Crippen LogP contribution in [-0.2, 0) is 0 Å². The molecule has 5 heteroatoms. The molecule has 0 amide bonds. The van der Waals surface area contributed by atoms with Crippen molar-refractivity contribution in [3.8, 4) is 0 Å². The third kappa shape index (κ3) is 3.77. The van der Waals surface area contributed by atoms with Crippen LogP contribution in [0, 0.1) is 0 Å². The predicted octanol–water partition coefficient (Wildman–Crippen LogP) is 3.27. The molecule has 0 bridgehead atoms. The Labute approximate surface area is 110 Å². The van der Waals surface area contributed by atoms with Crippen LogP contribution in [0.5, 0.6) is 0 Å². The van der Waals surface area contributed by atoms with E-state index in [1.165, 1.54) is 11.3 Å². The van der Waals surface area contributed by atoms with E-state index in [4.69, 9.17) is 11.6 Å². The molecule has 0 aromatic carbocycles. The molecule has 1 heterocycles. The van der Waals surface area contributed by atoms with Gasteiger partial charge >= 0.3 is 0 Å². The van der Waals surface area contributed by atoms with Crippen molar-refractivity contribution in [2.24, 2.45) is 0 Å². The molecule has 90 valence electrons. The van der Waals surface area contributed by atoms with Crippen LogP contribution in [0.15, 0.2) is 12.1 Å². The van der Waals surface area contributed by atoms with Gasteiger partial charge < -0.3 is 0 Å². The van der Waals surface area contributed by atoms with Gasteiger partial charge in [-0.1, -0.05) is 11.6 Å². The molecule has 0 radical (unpaired) electrons. The molecule has 0 spiro atoms. The minimum atomic E-state index is -0.0816. The maximum Gasteiger partial charge on any atom is 0.189 e. The molecule has 0 N–H and O–H groups in total. The zero-order valence-corrected chi connectivity index (χ0v) is 12.1. The van der Waals surface area contributed by atoms with Gasteiger partial charge in [0.1, 0.15) is 0 Å². The number of ketones is 1. The second kappa shape index (κ2) is 6.64. The van der Waals surface area contributed by atoms with Crippen molar-refractivity contribution in [3.63, 3.8) is 0 Å². The van der Waals surface area contributed by atoms with Crippen molar-refractivity contribution in [3.05, 3.63) is 21.3 Å². The molecule has 16 heavy (non-hydrogen) atoms. The Hall–Kier alpha value is -0.0300. The number of carbonyl (C=O) groups excluding carboxylic acids is 1. The van der Waals surface area contributed by atoms with Gasteiger partial charge in [0, 0.05) is 12.3 Å². The molecular formula is C11H16ClNOS2. The molecule has 0 saturated heterocycles. The first-order valence-electron chi connectivity index (χ1n) is 5.05. The zero-order valence-electron chi connectivity index (χ0n) is 9.70. The Balaban J connectivity index is 2.59. The number of nitrogens with zero attached hydrogens (tertiary/aromatic N) is 1. The SMILES string of the molecule is CSCCN(C)C(C)C(=O)c1ccc(Cl)s1. The van der Waals surface area contributed by atoms with Crippen molar-refractivity contribution >= 4 is 40.5 Å². The Bertz CT molecular complexity index is 354. The fourth-order valence-electron chi connectivity index (χ4n) is 1.28. The average molecular weight is 278 g/mol. The maximum absolute atomic E-state index is 12.1. The van der Waals surface area contributed by atoms with Crippen molar-refractivity contribution in [2.75, 3.05) is 25.6 Å². The number of likely N-dealkylation sites (N-methyl/N-ethyl adjacent to an activating group) is 1. The summed E-state index contributed by atoms with van der Waals surface area (Å²) in [5, 5.41) is 0. The van der Waals surface area contributed by atoms with Gasteiger partial charge in [-0.15, -0.1) is 11.3 Å². The van der Waals surface area contributed by atoms with Crippen molar-refractivity contribution in [2.45, 2.75) is 13.0 Å². The average Bonchev–Trinajstić information content (AvgIpc) is 2.70. The zero-order chi connectivity index (χ0) is 12.1. The lowest BCUT2D eigenvalue weighted by atomic mass is 10.1. The summed E-state index contributed by atoms with van der Waals surface area (Å²) in [6.07, 6.45) is 2.07. The fraction of sp³-hybridized carbons (Fsp3) is 0.545. The number of thioether (sulfide) groups is 1. The van der Waals surface area contributed by atoms with Gasteiger partial charge in [-0.2, -0.15) is 11.8 Å². The van der Waals surface area contributed by atoms with Gasteiger partial charge in [0.05, 0.1) is 15.3 Å². The summed E-state index contributed by atoms with van der Waals surface area (Å²) < 4.78 is 0.669. The topological polar surface area (TPSA) is 20.3 Å². The van der Waals surface area contributed by atoms with E-state index < -0.39 is 0 Å². The van der Waals surface area contributed by atoms with Crippen LogP contribution >= 0.6 is 34.7 Å². The maximum atomic E-state index is 12.1. The van der Waals surface area contributed by atoms with E-state index in [9.17, 15) is 4.79 Å². The number of Topliss-reactive ketones (excluding diaryl/α,β-unsaturated/α-hetero) is 1. The monoisotopic (exact) mass is 277 g/mol. The Morgan fingerprint density at radius 1 is 1.62 bits per heavy atom. The summed E-state index contributed by atoms with van der Waals surface area (Å²) in [6, 6.07) is 3.49. The highest BCUT2D eigenvalue weighted by Crippen LogP contribution is 2.23. The summed E-state index contributed by atoms with van der Waals surface area (Å²) in [7, 11) is 1.98. The molecule has 0 fully saturated rings. The molecule has 1 rings (SSSR count). The Kier molecular flexibility index (Phi) is 5.83. The number of halogens is 1.